The molecule has 4 amide bonds. The number of amides is 4. The second-order valence-electron chi connectivity index (χ2n) is 6.69. The molecule has 8 nitrogen and oxygen atoms in total. The molecule has 1 aromatic rings. The molecule has 8 heteroatoms. The van der Waals surface area contributed by atoms with E-state index < -0.39 is 23.4 Å². The minimum Gasteiger partial charge on any atom is -0.492 e. The van der Waals surface area contributed by atoms with Crippen LogP contribution in [0.25, 0.3) is 0 Å². The van der Waals surface area contributed by atoms with Crippen molar-refractivity contribution in [2.24, 2.45) is 0 Å². The van der Waals surface area contributed by atoms with Crippen LogP contribution in [-0.2, 0) is 9.59 Å². The Hall–Kier alpha value is -2.61. The van der Waals surface area contributed by atoms with Crippen molar-refractivity contribution in [3.63, 3.8) is 0 Å². The van der Waals surface area contributed by atoms with E-state index in [1.54, 1.807) is 25.8 Å². The average Bonchev–Trinajstić information content (AvgIpc) is 2.79. The van der Waals surface area contributed by atoms with Crippen LogP contribution in [0.4, 0.5) is 4.79 Å². The molecule has 0 saturated carbocycles. The van der Waals surface area contributed by atoms with Crippen molar-refractivity contribution in [3.8, 4) is 5.75 Å². The summed E-state index contributed by atoms with van der Waals surface area (Å²) in [6.45, 7) is 6.40. The van der Waals surface area contributed by atoms with Gasteiger partial charge >= 0.3 is 6.03 Å². The van der Waals surface area contributed by atoms with Gasteiger partial charge in [0.25, 0.3) is 11.8 Å². The summed E-state index contributed by atoms with van der Waals surface area (Å²) in [4.78, 5) is 38.0. The first kappa shape index (κ1) is 19.7. The number of carbonyl (C=O) groups is 3. The fraction of sp³-hybridized carbons (Fsp3) is 0.500. The molecule has 1 aliphatic rings. The molecule has 1 aromatic carbocycles. The van der Waals surface area contributed by atoms with Gasteiger partial charge in [-0.1, -0.05) is 19.1 Å². The predicted molar refractivity (Wildman–Crippen MR) is 96.4 cm³/mol. The number of benzene rings is 1. The van der Waals surface area contributed by atoms with E-state index in [-0.39, 0.29) is 6.54 Å². The molecule has 1 fully saturated rings. The molecule has 0 spiro atoms. The van der Waals surface area contributed by atoms with Crippen LogP contribution in [-0.4, -0.2) is 60.0 Å². The first-order chi connectivity index (χ1) is 12.2. The van der Waals surface area contributed by atoms with E-state index in [1.807, 2.05) is 31.2 Å². The zero-order valence-corrected chi connectivity index (χ0v) is 15.7. The number of likely N-dealkylation sites (N-methyl/N-ethyl adjacent to an activating group) is 1. The lowest BCUT2D eigenvalue weighted by Gasteiger charge is -2.21. The smallest absolute Gasteiger partial charge is 0.344 e. The number of hydrogen-bond donors (Lipinski definition) is 2. The van der Waals surface area contributed by atoms with E-state index >= 15 is 0 Å². The van der Waals surface area contributed by atoms with Gasteiger partial charge in [0.2, 0.25) is 0 Å². The van der Waals surface area contributed by atoms with Crippen molar-refractivity contribution >= 4 is 17.8 Å². The minimum atomic E-state index is -0.974. The SMILES string of the molecule is CCC1(C)NC(=O)N(NC(=O)CN(C)CCOc2cccc(C)c2)C1=O. The Labute approximate surface area is 153 Å². The molecule has 2 N–H and O–H groups in total. The topological polar surface area (TPSA) is 91.0 Å². The van der Waals surface area contributed by atoms with Crippen LogP contribution in [0.15, 0.2) is 24.3 Å². The monoisotopic (exact) mass is 362 g/mol. The Kier molecular flexibility index (Phi) is 6.20. The number of ether oxygens (including phenoxy) is 1. The summed E-state index contributed by atoms with van der Waals surface area (Å²) in [5.74, 6) is -0.114. The van der Waals surface area contributed by atoms with E-state index in [9.17, 15) is 14.4 Å². The molecule has 0 aliphatic carbocycles. The van der Waals surface area contributed by atoms with E-state index in [1.165, 1.54) is 0 Å². The van der Waals surface area contributed by atoms with Gasteiger partial charge in [-0.15, -0.1) is 0 Å². The molecule has 26 heavy (non-hydrogen) atoms. The van der Waals surface area contributed by atoms with Gasteiger partial charge in [-0.25, -0.2) is 4.79 Å². The van der Waals surface area contributed by atoms with Gasteiger partial charge in [-0.2, -0.15) is 5.01 Å². The third-order valence-corrected chi connectivity index (χ3v) is 4.35. The van der Waals surface area contributed by atoms with E-state index in [0.29, 0.717) is 19.6 Å². The Morgan fingerprint density at radius 1 is 1.38 bits per heavy atom. The number of urea groups is 1. The lowest BCUT2D eigenvalue weighted by atomic mass is 10.00. The van der Waals surface area contributed by atoms with Crippen molar-refractivity contribution < 1.29 is 19.1 Å². The van der Waals surface area contributed by atoms with E-state index in [4.69, 9.17) is 4.74 Å². The lowest BCUT2D eigenvalue weighted by molar-refractivity contribution is -0.139. The lowest BCUT2D eigenvalue weighted by Crippen LogP contribution is -2.51. The minimum absolute atomic E-state index is 0.0388. The largest absolute Gasteiger partial charge is 0.492 e. The van der Waals surface area contributed by atoms with Crippen molar-refractivity contribution in [2.75, 3.05) is 26.7 Å². The molecule has 0 radical (unpaired) electrons. The van der Waals surface area contributed by atoms with Crippen molar-refractivity contribution in [3.05, 3.63) is 29.8 Å². The number of nitrogens with zero attached hydrogens (tertiary/aromatic N) is 2. The average molecular weight is 362 g/mol. The number of hydrogen-bond acceptors (Lipinski definition) is 5. The Morgan fingerprint density at radius 3 is 2.73 bits per heavy atom. The molecule has 1 atom stereocenters. The van der Waals surface area contributed by atoms with Crippen LogP contribution < -0.4 is 15.5 Å². The van der Waals surface area contributed by atoms with Gasteiger partial charge < -0.3 is 10.1 Å². The summed E-state index contributed by atoms with van der Waals surface area (Å²) in [5.41, 5.74) is 2.50. The second kappa shape index (κ2) is 8.18. The quantitative estimate of drug-likeness (QED) is 0.675. The number of carbonyl (C=O) groups excluding carboxylic acids is 3. The Balaban J connectivity index is 1.77. The van der Waals surface area contributed by atoms with Crippen molar-refractivity contribution in [1.82, 2.24) is 20.7 Å². The van der Waals surface area contributed by atoms with Gasteiger partial charge in [0.15, 0.2) is 0 Å². The third kappa shape index (κ3) is 4.72. The fourth-order valence-electron chi connectivity index (χ4n) is 2.53. The van der Waals surface area contributed by atoms with Crippen LogP contribution in [0.3, 0.4) is 0 Å². The normalized spacial score (nSPS) is 19.7. The molecule has 1 aliphatic heterocycles. The second-order valence-corrected chi connectivity index (χ2v) is 6.69. The summed E-state index contributed by atoms with van der Waals surface area (Å²) in [6, 6.07) is 7.11. The highest BCUT2D eigenvalue weighted by molar-refractivity contribution is 6.07. The van der Waals surface area contributed by atoms with Crippen LogP contribution in [0, 0.1) is 6.92 Å². The summed E-state index contributed by atoms with van der Waals surface area (Å²) in [6.07, 6.45) is 0.445. The zero-order valence-electron chi connectivity index (χ0n) is 15.7. The van der Waals surface area contributed by atoms with Gasteiger partial charge in [0.1, 0.15) is 17.9 Å². The summed E-state index contributed by atoms with van der Waals surface area (Å²) in [7, 11) is 1.77. The Morgan fingerprint density at radius 2 is 2.12 bits per heavy atom. The molecular weight excluding hydrogens is 336 g/mol. The van der Waals surface area contributed by atoms with E-state index in [0.717, 1.165) is 16.3 Å². The van der Waals surface area contributed by atoms with Gasteiger partial charge in [0.05, 0.1) is 6.54 Å². The standard InChI is InChI=1S/C18H26N4O4/c1-5-18(3)16(24)22(17(25)19-18)20-15(23)12-21(4)9-10-26-14-8-6-7-13(2)11-14/h6-8,11H,5,9-10,12H2,1-4H3,(H,19,25)(H,20,23). The van der Waals surface area contributed by atoms with Crippen molar-refractivity contribution in [2.45, 2.75) is 32.7 Å². The van der Waals surface area contributed by atoms with Gasteiger partial charge in [0, 0.05) is 6.54 Å². The molecule has 0 bridgehead atoms. The first-order valence-corrected chi connectivity index (χ1v) is 8.59. The summed E-state index contributed by atoms with van der Waals surface area (Å²) in [5, 5.41) is 3.34. The Bertz CT molecular complexity index is 694. The number of nitrogens with one attached hydrogen (secondary N) is 2. The predicted octanol–water partition coefficient (Wildman–Crippen LogP) is 1.06. The molecule has 0 aromatic heterocycles. The molecule has 1 saturated heterocycles. The third-order valence-electron chi connectivity index (χ3n) is 4.35. The maximum absolute atomic E-state index is 12.2. The van der Waals surface area contributed by atoms with Crippen LogP contribution in [0.1, 0.15) is 25.8 Å². The summed E-state index contributed by atoms with van der Waals surface area (Å²) >= 11 is 0. The fourth-order valence-corrected chi connectivity index (χ4v) is 2.53. The molecule has 1 unspecified atom stereocenters. The van der Waals surface area contributed by atoms with Crippen LogP contribution >= 0.6 is 0 Å². The highest BCUT2D eigenvalue weighted by Gasteiger charge is 2.47. The van der Waals surface area contributed by atoms with E-state index in [2.05, 4.69) is 10.7 Å². The molecular formula is C18H26N4O4. The molecule has 142 valence electrons. The van der Waals surface area contributed by atoms with Crippen LogP contribution in [0.2, 0.25) is 0 Å². The number of aryl methyl sites for hydroxylation is 1. The van der Waals surface area contributed by atoms with Crippen molar-refractivity contribution in [1.29, 1.82) is 0 Å². The molecule has 2 rings (SSSR count). The van der Waals surface area contributed by atoms with Gasteiger partial charge in [-0.3, -0.25) is 19.9 Å². The maximum atomic E-state index is 12.2. The number of imide groups is 1. The highest BCUT2D eigenvalue weighted by atomic mass is 16.5. The summed E-state index contributed by atoms with van der Waals surface area (Å²) < 4.78 is 5.65. The molecule has 1 heterocycles. The highest BCUT2D eigenvalue weighted by Crippen LogP contribution is 2.19. The van der Waals surface area contributed by atoms with Crippen LogP contribution in [0.5, 0.6) is 5.75 Å². The number of hydrazine groups is 1. The number of rotatable bonds is 8. The first-order valence-electron chi connectivity index (χ1n) is 8.59. The maximum Gasteiger partial charge on any atom is 0.344 e. The zero-order chi connectivity index (χ0) is 19.3. The van der Waals surface area contributed by atoms with Gasteiger partial charge in [-0.05, 0) is 45.0 Å².